The Kier molecular flexibility index (Phi) is 5.53. The number of nitrogens with zero attached hydrogens (tertiary/aromatic N) is 1. The average Bonchev–Trinajstić information content (AvgIpc) is 2.94. The first kappa shape index (κ1) is 20.0. The third kappa shape index (κ3) is 4.07. The van der Waals surface area contributed by atoms with E-state index in [2.05, 4.69) is 4.72 Å². The molecule has 2 aromatic carbocycles. The molecule has 148 valence electrons. The lowest BCUT2D eigenvalue weighted by molar-refractivity contribution is -0.137. The second-order valence-corrected chi connectivity index (χ2v) is 8.60. The minimum atomic E-state index is -3.55. The van der Waals surface area contributed by atoms with Gasteiger partial charge in [0, 0.05) is 11.1 Å². The van der Waals surface area contributed by atoms with E-state index < -0.39 is 16.0 Å². The molecule has 0 aliphatic heterocycles. The summed E-state index contributed by atoms with van der Waals surface area (Å²) in [5, 5.41) is 10.1. The molecule has 0 bridgehead atoms. The van der Waals surface area contributed by atoms with Crippen molar-refractivity contribution in [3.63, 3.8) is 0 Å². The zero-order valence-electron chi connectivity index (χ0n) is 15.3. The van der Waals surface area contributed by atoms with Crippen LogP contribution in [0, 0.1) is 6.92 Å². The number of fused-ring (bicyclic) bond motifs is 1. The fraction of sp³-hybridized carbons (Fsp3) is 0.211. The standard InChI is InChI=1S/C19H19ClN2O5S/c1-3-28(25,26)21-15-8-9-16-13(10-12(2)22(16)11-18(23)24)19(15)27-17-7-5-4-6-14(17)20/h4-10,21H,3,11H2,1-2H3,(H,23,24). The van der Waals surface area contributed by atoms with E-state index in [0.717, 1.165) is 0 Å². The van der Waals surface area contributed by atoms with Crippen LogP contribution in [0.15, 0.2) is 42.5 Å². The molecule has 3 rings (SSSR count). The summed E-state index contributed by atoms with van der Waals surface area (Å²) >= 11 is 6.20. The lowest BCUT2D eigenvalue weighted by Crippen LogP contribution is -2.15. The molecule has 0 amide bonds. The molecule has 0 aliphatic carbocycles. The van der Waals surface area contributed by atoms with Gasteiger partial charge in [0.05, 0.1) is 22.0 Å². The quantitative estimate of drug-likeness (QED) is 0.593. The highest BCUT2D eigenvalue weighted by atomic mass is 35.5. The summed E-state index contributed by atoms with van der Waals surface area (Å²) in [6.07, 6.45) is 0. The van der Waals surface area contributed by atoms with Crippen molar-refractivity contribution in [2.75, 3.05) is 10.5 Å². The molecular weight excluding hydrogens is 404 g/mol. The predicted molar refractivity (Wildman–Crippen MR) is 109 cm³/mol. The Bertz CT molecular complexity index is 1150. The van der Waals surface area contributed by atoms with E-state index >= 15 is 0 Å². The Morgan fingerprint density at radius 3 is 2.61 bits per heavy atom. The maximum Gasteiger partial charge on any atom is 0.323 e. The van der Waals surface area contributed by atoms with E-state index in [0.29, 0.717) is 27.4 Å². The number of carboxylic acids is 1. The molecule has 0 fully saturated rings. The van der Waals surface area contributed by atoms with Crippen molar-refractivity contribution >= 4 is 44.2 Å². The number of carboxylic acid groups (broad SMARTS) is 1. The maximum atomic E-state index is 12.1. The first-order valence-electron chi connectivity index (χ1n) is 8.49. The molecular formula is C19H19ClN2O5S. The molecule has 0 unspecified atom stereocenters. The maximum absolute atomic E-state index is 12.1. The van der Waals surface area contributed by atoms with Crippen molar-refractivity contribution in [2.24, 2.45) is 0 Å². The Balaban J connectivity index is 2.22. The van der Waals surface area contributed by atoms with Crippen molar-refractivity contribution in [1.82, 2.24) is 4.57 Å². The lowest BCUT2D eigenvalue weighted by Gasteiger charge is -2.15. The number of sulfonamides is 1. The molecule has 0 atom stereocenters. The van der Waals surface area contributed by atoms with E-state index in [1.165, 1.54) is 6.92 Å². The molecule has 2 N–H and O–H groups in total. The van der Waals surface area contributed by atoms with Gasteiger partial charge in [-0.15, -0.1) is 0 Å². The number of aromatic nitrogens is 1. The van der Waals surface area contributed by atoms with Crippen LogP contribution in [0.1, 0.15) is 12.6 Å². The van der Waals surface area contributed by atoms with Gasteiger partial charge in [-0.3, -0.25) is 9.52 Å². The topological polar surface area (TPSA) is 97.6 Å². The lowest BCUT2D eigenvalue weighted by atomic mass is 10.2. The van der Waals surface area contributed by atoms with Crippen LogP contribution in [0.5, 0.6) is 11.5 Å². The molecule has 9 heteroatoms. The van der Waals surface area contributed by atoms with E-state index in [1.54, 1.807) is 54.0 Å². The van der Waals surface area contributed by atoms with Gasteiger partial charge in [0.2, 0.25) is 10.0 Å². The first-order chi connectivity index (χ1) is 13.2. The van der Waals surface area contributed by atoms with Crippen LogP contribution < -0.4 is 9.46 Å². The van der Waals surface area contributed by atoms with Crippen LogP contribution in [-0.4, -0.2) is 29.8 Å². The summed E-state index contributed by atoms with van der Waals surface area (Å²) < 4.78 is 34.4. The average molecular weight is 423 g/mol. The van der Waals surface area contributed by atoms with Gasteiger partial charge in [0.15, 0.2) is 5.75 Å². The van der Waals surface area contributed by atoms with Crippen LogP contribution in [0.3, 0.4) is 0 Å². The van der Waals surface area contributed by atoms with E-state index in [4.69, 9.17) is 16.3 Å². The third-order valence-corrected chi connectivity index (χ3v) is 5.83. The van der Waals surface area contributed by atoms with E-state index in [9.17, 15) is 18.3 Å². The molecule has 7 nitrogen and oxygen atoms in total. The first-order valence-corrected chi connectivity index (χ1v) is 10.5. The molecule has 0 aliphatic rings. The number of aryl methyl sites for hydroxylation is 1. The number of hydrogen-bond acceptors (Lipinski definition) is 4. The predicted octanol–water partition coefficient (Wildman–Crippen LogP) is 4.24. The Labute approximate surface area is 167 Å². The van der Waals surface area contributed by atoms with Crippen molar-refractivity contribution < 1.29 is 23.1 Å². The summed E-state index contributed by atoms with van der Waals surface area (Å²) in [5.41, 5.74) is 1.57. The fourth-order valence-electron chi connectivity index (χ4n) is 2.85. The molecule has 1 heterocycles. The van der Waals surface area contributed by atoms with Gasteiger partial charge in [-0.1, -0.05) is 23.7 Å². The highest BCUT2D eigenvalue weighted by molar-refractivity contribution is 7.92. The summed E-state index contributed by atoms with van der Waals surface area (Å²) in [5.74, 6) is -0.465. The second kappa shape index (κ2) is 7.73. The van der Waals surface area contributed by atoms with Gasteiger partial charge < -0.3 is 14.4 Å². The molecule has 0 spiro atoms. The van der Waals surface area contributed by atoms with Crippen molar-refractivity contribution in [3.05, 3.63) is 53.2 Å². The SMILES string of the molecule is CCS(=O)(=O)Nc1ccc2c(cc(C)n2CC(=O)O)c1Oc1ccccc1Cl. The van der Waals surface area contributed by atoms with Gasteiger partial charge in [0.1, 0.15) is 12.3 Å². The highest BCUT2D eigenvalue weighted by Gasteiger charge is 2.20. The number of halogens is 1. The number of benzene rings is 2. The number of rotatable bonds is 7. The van der Waals surface area contributed by atoms with Gasteiger partial charge in [0.25, 0.3) is 0 Å². The zero-order chi connectivity index (χ0) is 20.5. The molecule has 0 saturated heterocycles. The largest absolute Gasteiger partial charge is 0.480 e. The number of aliphatic carboxylic acids is 1. The van der Waals surface area contributed by atoms with E-state index in [-0.39, 0.29) is 23.7 Å². The zero-order valence-corrected chi connectivity index (χ0v) is 16.8. The smallest absolute Gasteiger partial charge is 0.323 e. The van der Waals surface area contributed by atoms with Crippen molar-refractivity contribution in [2.45, 2.75) is 20.4 Å². The number of nitrogens with one attached hydrogen (secondary N) is 1. The Morgan fingerprint density at radius 1 is 1.25 bits per heavy atom. The fourth-order valence-corrected chi connectivity index (χ4v) is 3.67. The molecule has 0 radical (unpaired) electrons. The number of ether oxygens (including phenoxy) is 1. The number of para-hydroxylation sites is 1. The van der Waals surface area contributed by atoms with E-state index in [1.807, 2.05) is 0 Å². The Hall–Kier alpha value is -2.71. The van der Waals surface area contributed by atoms with Crippen LogP contribution >= 0.6 is 11.6 Å². The number of anilines is 1. The van der Waals surface area contributed by atoms with Gasteiger partial charge in [-0.25, -0.2) is 8.42 Å². The summed E-state index contributed by atoms with van der Waals surface area (Å²) in [6.45, 7) is 3.09. The summed E-state index contributed by atoms with van der Waals surface area (Å²) in [4.78, 5) is 11.2. The van der Waals surface area contributed by atoms with Crippen LogP contribution in [0.2, 0.25) is 5.02 Å². The highest BCUT2D eigenvalue weighted by Crippen LogP contribution is 2.40. The third-order valence-electron chi connectivity index (χ3n) is 4.23. The minimum Gasteiger partial charge on any atom is -0.480 e. The monoisotopic (exact) mass is 422 g/mol. The van der Waals surface area contributed by atoms with Crippen molar-refractivity contribution in [1.29, 1.82) is 0 Å². The molecule has 3 aromatic rings. The van der Waals surface area contributed by atoms with Crippen LogP contribution in [0.25, 0.3) is 10.9 Å². The molecule has 28 heavy (non-hydrogen) atoms. The summed E-state index contributed by atoms with van der Waals surface area (Å²) in [6, 6.07) is 11.8. The molecule has 1 aromatic heterocycles. The Morgan fingerprint density at radius 2 is 1.96 bits per heavy atom. The van der Waals surface area contributed by atoms with Gasteiger partial charge in [-0.2, -0.15) is 0 Å². The van der Waals surface area contributed by atoms with Gasteiger partial charge >= 0.3 is 5.97 Å². The summed E-state index contributed by atoms with van der Waals surface area (Å²) in [7, 11) is -3.55. The van der Waals surface area contributed by atoms with Crippen LogP contribution in [0.4, 0.5) is 5.69 Å². The second-order valence-electron chi connectivity index (χ2n) is 6.18. The van der Waals surface area contributed by atoms with Crippen LogP contribution in [-0.2, 0) is 21.4 Å². The van der Waals surface area contributed by atoms with Crippen molar-refractivity contribution in [3.8, 4) is 11.5 Å². The van der Waals surface area contributed by atoms with Gasteiger partial charge in [-0.05, 0) is 44.2 Å². The number of carbonyl (C=O) groups is 1. The molecule has 0 saturated carbocycles. The number of hydrogen-bond donors (Lipinski definition) is 2. The minimum absolute atomic E-state index is 0.102. The normalized spacial score (nSPS) is 11.5.